The molecule has 0 aliphatic heterocycles. The smallest absolute Gasteiger partial charge is 0.0558 e. The van der Waals surface area contributed by atoms with Crippen LogP contribution in [0.3, 0.4) is 0 Å². The van der Waals surface area contributed by atoms with Crippen LogP contribution in [-0.2, 0) is 0 Å². The summed E-state index contributed by atoms with van der Waals surface area (Å²) in [5.74, 6) is 0. The molecule has 1 aliphatic carbocycles. The summed E-state index contributed by atoms with van der Waals surface area (Å²) in [6, 6.07) is 0.446. The van der Waals surface area contributed by atoms with Crippen molar-refractivity contribution in [3.8, 4) is 0 Å². The van der Waals surface area contributed by atoms with Crippen molar-refractivity contribution in [2.75, 3.05) is 26.3 Å². The maximum Gasteiger partial charge on any atom is 0.0558 e. The number of aliphatic hydroxyl groups excluding tert-OH is 2. The van der Waals surface area contributed by atoms with Gasteiger partial charge in [0.25, 0.3) is 0 Å². The average Bonchev–Trinajstić information content (AvgIpc) is 2.66. The van der Waals surface area contributed by atoms with Crippen molar-refractivity contribution in [1.29, 1.82) is 0 Å². The largest absolute Gasteiger partial charge is 0.396 e. The molecule has 15 heavy (non-hydrogen) atoms. The molecule has 0 unspecified atom stereocenters. The van der Waals surface area contributed by atoms with Crippen LogP contribution < -0.4 is 0 Å². The van der Waals surface area contributed by atoms with Crippen LogP contribution >= 0.6 is 0 Å². The molecule has 0 radical (unpaired) electrons. The van der Waals surface area contributed by atoms with E-state index in [-0.39, 0.29) is 12.0 Å². The van der Waals surface area contributed by atoms with E-state index < -0.39 is 0 Å². The van der Waals surface area contributed by atoms with Crippen molar-refractivity contribution >= 4 is 0 Å². The zero-order chi connectivity index (χ0) is 11.3. The van der Waals surface area contributed by atoms with Crippen molar-refractivity contribution in [3.63, 3.8) is 0 Å². The lowest BCUT2D eigenvalue weighted by Crippen LogP contribution is -2.43. The van der Waals surface area contributed by atoms with Gasteiger partial charge in [-0.2, -0.15) is 0 Å². The molecule has 0 bridgehead atoms. The number of hydrogen-bond donors (Lipinski definition) is 2. The third-order valence-corrected chi connectivity index (χ3v) is 3.66. The molecule has 0 amide bonds. The fourth-order valence-corrected chi connectivity index (χ4v) is 2.57. The Balaban J connectivity index is 2.54. The molecule has 1 saturated carbocycles. The Kier molecular flexibility index (Phi) is 5.03. The molecule has 3 nitrogen and oxygen atoms in total. The molecule has 1 fully saturated rings. The molecule has 90 valence electrons. The highest BCUT2D eigenvalue weighted by Crippen LogP contribution is 2.38. The van der Waals surface area contributed by atoms with Crippen molar-refractivity contribution in [2.24, 2.45) is 5.41 Å². The Morgan fingerprint density at radius 1 is 1.20 bits per heavy atom. The number of nitrogens with zero attached hydrogens (tertiary/aromatic N) is 1. The molecule has 0 aromatic heterocycles. The molecule has 0 saturated heterocycles. The quantitative estimate of drug-likeness (QED) is 0.700. The molecular weight excluding hydrogens is 190 g/mol. The van der Waals surface area contributed by atoms with E-state index in [4.69, 9.17) is 5.11 Å². The zero-order valence-corrected chi connectivity index (χ0v) is 10.1. The van der Waals surface area contributed by atoms with Gasteiger partial charge in [0.1, 0.15) is 0 Å². The van der Waals surface area contributed by atoms with E-state index in [9.17, 15) is 5.11 Å². The maximum absolute atomic E-state index is 9.53. The lowest BCUT2D eigenvalue weighted by atomic mass is 9.86. The summed E-state index contributed by atoms with van der Waals surface area (Å²) in [4.78, 5) is 2.28. The summed E-state index contributed by atoms with van der Waals surface area (Å²) in [7, 11) is 0. The van der Waals surface area contributed by atoms with Gasteiger partial charge in [-0.1, -0.05) is 12.8 Å². The van der Waals surface area contributed by atoms with E-state index in [2.05, 4.69) is 18.7 Å². The van der Waals surface area contributed by atoms with E-state index in [1.807, 2.05) is 0 Å². The van der Waals surface area contributed by atoms with Crippen LogP contribution in [0, 0.1) is 5.41 Å². The van der Waals surface area contributed by atoms with Gasteiger partial charge in [0, 0.05) is 31.2 Å². The van der Waals surface area contributed by atoms with Gasteiger partial charge in [0.15, 0.2) is 0 Å². The first-order chi connectivity index (χ1) is 7.13. The van der Waals surface area contributed by atoms with Gasteiger partial charge in [0.2, 0.25) is 0 Å². The molecule has 1 aliphatic rings. The van der Waals surface area contributed by atoms with E-state index in [0.29, 0.717) is 12.6 Å². The van der Waals surface area contributed by atoms with Gasteiger partial charge in [-0.25, -0.2) is 0 Å². The zero-order valence-electron chi connectivity index (χ0n) is 10.1. The Morgan fingerprint density at radius 3 is 2.20 bits per heavy atom. The minimum atomic E-state index is 0.111. The molecular formula is C12H25NO2. The summed E-state index contributed by atoms with van der Waals surface area (Å²) in [6.07, 6.45) is 4.76. The summed E-state index contributed by atoms with van der Waals surface area (Å²) in [6.45, 7) is 6.45. The molecule has 3 heteroatoms. The molecule has 0 heterocycles. The molecule has 0 aromatic carbocycles. The molecule has 0 aromatic rings. The van der Waals surface area contributed by atoms with Gasteiger partial charge in [0.05, 0.1) is 6.61 Å². The lowest BCUT2D eigenvalue weighted by molar-refractivity contribution is 0.0550. The second kappa shape index (κ2) is 5.83. The van der Waals surface area contributed by atoms with Crippen molar-refractivity contribution in [1.82, 2.24) is 4.90 Å². The fourth-order valence-electron chi connectivity index (χ4n) is 2.57. The number of aliphatic hydroxyl groups is 2. The van der Waals surface area contributed by atoms with Gasteiger partial charge in [-0.3, -0.25) is 4.90 Å². The Morgan fingerprint density at radius 2 is 1.80 bits per heavy atom. The third kappa shape index (κ3) is 3.44. The van der Waals surface area contributed by atoms with Crippen molar-refractivity contribution in [2.45, 2.75) is 45.6 Å². The predicted octanol–water partition coefficient (Wildman–Crippen LogP) is 1.24. The second-order valence-electron chi connectivity index (χ2n) is 5.15. The molecule has 1 rings (SSSR count). The highest BCUT2D eigenvalue weighted by Gasteiger charge is 2.35. The van der Waals surface area contributed by atoms with Gasteiger partial charge < -0.3 is 10.2 Å². The van der Waals surface area contributed by atoms with E-state index in [1.54, 1.807) is 0 Å². The number of hydrogen-bond acceptors (Lipinski definition) is 3. The minimum absolute atomic E-state index is 0.111. The first-order valence-corrected chi connectivity index (χ1v) is 6.09. The van der Waals surface area contributed by atoms with E-state index in [0.717, 1.165) is 25.9 Å². The van der Waals surface area contributed by atoms with Crippen LogP contribution in [0.4, 0.5) is 0 Å². The first-order valence-electron chi connectivity index (χ1n) is 6.09. The lowest BCUT2D eigenvalue weighted by Gasteiger charge is -2.36. The predicted molar refractivity (Wildman–Crippen MR) is 61.8 cm³/mol. The van der Waals surface area contributed by atoms with Crippen LogP contribution in [0.2, 0.25) is 0 Å². The minimum Gasteiger partial charge on any atom is -0.396 e. The second-order valence-corrected chi connectivity index (χ2v) is 5.15. The highest BCUT2D eigenvalue weighted by atomic mass is 16.3. The highest BCUT2D eigenvalue weighted by molar-refractivity contribution is 4.87. The first kappa shape index (κ1) is 12.9. The Hall–Kier alpha value is -0.120. The summed E-state index contributed by atoms with van der Waals surface area (Å²) < 4.78 is 0. The summed E-state index contributed by atoms with van der Waals surface area (Å²) in [5.41, 5.74) is 0.111. The van der Waals surface area contributed by atoms with Gasteiger partial charge >= 0.3 is 0 Å². The van der Waals surface area contributed by atoms with Crippen LogP contribution in [0.5, 0.6) is 0 Å². The average molecular weight is 215 g/mol. The Bertz CT molecular complexity index is 176. The molecule has 2 N–H and O–H groups in total. The van der Waals surface area contributed by atoms with Crippen LogP contribution in [0.25, 0.3) is 0 Å². The van der Waals surface area contributed by atoms with Crippen LogP contribution in [-0.4, -0.2) is 47.5 Å². The summed E-state index contributed by atoms with van der Waals surface area (Å²) in [5, 5.41) is 18.5. The van der Waals surface area contributed by atoms with E-state index >= 15 is 0 Å². The SMILES string of the molecule is CC(C)N(CCO)CC1(CO)CCCC1. The normalized spacial score (nSPS) is 20.4. The molecule has 0 atom stereocenters. The monoisotopic (exact) mass is 215 g/mol. The fraction of sp³-hybridized carbons (Fsp3) is 1.00. The third-order valence-electron chi connectivity index (χ3n) is 3.66. The van der Waals surface area contributed by atoms with Crippen LogP contribution in [0.15, 0.2) is 0 Å². The summed E-state index contributed by atoms with van der Waals surface area (Å²) >= 11 is 0. The number of rotatable bonds is 6. The van der Waals surface area contributed by atoms with Gasteiger partial charge in [-0.15, -0.1) is 0 Å². The maximum atomic E-state index is 9.53. The van der Waals surface area contributed by atoms with Crippen LogP contribution in [0.1, 0.15) is 39.5 Å². The van der Waals surface area contributed by atoms with Crippen molar-refractivity contribution in [3.05, 3.63) is 0 Å². The van der Waals surface area contributed by atoms with Gasteiger partial charge in [-0.05, 0) is 26.7 Å². The standard InChI is InChI=1S/C12H25NO2/c1-11(2)13(7-8-14)9-12(10-15)5-3-4-6-12/h11,14-15H,3-10H2,1-2H3. The van der Waals surface area contributed by atoms with Crippen molar-refractivity contribution < 1.29 is 10.2 Å². The Labute approximate surface area is 93.1 Å². The topological polar surface area (TPSA) is 43.7 Å². The van der Waals surface area contributed by atoms with E-state index in [1.165, 1.54) is 12.8 Å². The molecule has 0 spiro atoms.